The standard InChI is InChI=1S/C23H30FN5O5S/c1-34-20-9-16(8-19(24)10-20)12-26-22(30)21-5-3-7-29(21)23(31)18-4-2-6-27(15-18)35(32,33)28-13-17(11-25)14-28/h8-10,17-18,21H,2-7,12-15H2,1H3,(H,26,30)/t18-,21+/m0/s1. The second-order valence-corrected chi connectivity index (χ2v) is 11.2. The number of methoxy groups -OCH3 is 1. The van der Waals surface area contributed by atoms with Gasteiger partial charge in [0.1, 0.15) is 17.6 Å². The number of ether oxygens (including phenoxy) is 1. The summed E-state index contributed by atoms with van der Waals surface area (Å²) in [6.07, 6.45) is 2.30. The summed E-state index contributed by atoms with van der Waals surface area (Å²) in [6, 6.07) is 5.62. The summed E-state index contributed by atoms with van der Waals surface area (Å²) in [5.74, 6) is -1.46. The largest absolute Gasteiger partial charge is 0.497 e. The zero-order valence-electron chi connectivity index (χ0n) is 19.7. The summed E-state index contributed by atoms with van der Waals surface area (Å²) in [4.78, 5) is 27.8. The van der Waals surface area contributed by atoms with E-state index in [0.29, 0.717) is 50.1 Å². The van der Waals surface area contributed by atoms with Crippen molar-refractivity contribution in [3.05, 3.63) is 29.6 Å². The molecule has 3 saturated heterocycles. The minimum atomic E-state index is -3.71. The van der Waals surface area contributed by atoms with Crippen molar-refractivity contribution in [2.45, 2.75) is 38.3 Å². The molecule has 3 aliphatic heterocycles. The van der Waals surface area contributed by atoms with Crippen LogP contribution in [0.4, 0.5) is 4.39 Å². The van der Waals surface area contributed by atoms with Crippen LogP contribution >= 0.6 is 0 Å². The van der Waals surface area contributed by atoms with Crippen LogP contribution in [0.15, 0.2) is 18.2 Å². The number of amides is 2. The molecule has 0 bridgehead atoms. The monoisotopic (exact) mass is 507 g/mol. The van der Waals surface area contributed by atoms with Crippen LogP contribution in [0.5, 0.6) is 5.75 Å². The Balaban J connectivity index is 1.36. The van der Waals surface area contributed by atoms with Gasteiger partial charge in [-0.05, 0) is 43.4 Å². The van der Waals surface area contributed by atoms with Gasteiger partial charge in [0.25, 0.3) is 10.2 Å². The Kier molecular flexibility index (Phi) is 7.59. The number of benzene rings is 1. The highest BCUT2D eigenvalue weighted by molar-refractivity contribution is 7.86. The van der Waals surface area contributed by atoms with E-state index in [1.165, 1.54) is 27.9 Å². The van der Waals surface area contributed by atoms with Crippen LogP contribution in [0.1, 0.15) is 31.2 Å². The van der Waals surface area contributed by atoms with Gasteiger partial charge >= 0.3 is 0 Å². The smallest absolute Gasteiger partial charge is 0.282 e. The second-order valence-electron chi connectivity index (χ2n) is 9.25. The van der Waals surface area contributed by atoms with Crippen molar-refractivity contribution in [3.8, 4) is 11.8 Å². The molecule has 2 atom stereocenters. The van der Waals surface area contributed by atoms with Gasteiger partial charge in [0.15, 0.2) is 0 Å². The number of nitrogens with zero attached hydrogens (tertiary/aromatic N) is 4. The van der Waals surface area contributed by atoms with Crippen molar-refractivity contribution in [2.24, 2.45) is 11.8 Å². The zero-order valence-corrected chi connectivity index (χ0v) is 20.5. The average molecular weight is 508 g/mol. The molecule has 3 aliphatic rings. The summed E-state index contributed by atoms with van der Waals surface area (Å²) in [6.45, 7) is 1.30. The predicted molar refractivity (Wildman–Crippen MR) is 123 cm³/mol. The molecule has 2 amide bonds. The quantitative estimate of drug-likeness (QED) is 0.584. The Hall–Kier alpha value is -2.75. The summed E-state index contributed by atoms with van der Waals surface area (Å²) in [5.41, 5.74) is 0.545. The fourth-order valence-electron chi connectivity index (χ4n) is 4.91. The molecule has 0 radical (unpaired) electrons. The van der Waals surface area contributed by atoms with Gasteiger partial charge in [-0.1, -0.05) is 0 Å². The van der Waals surface area contributed by atoms with E-state index >= 15 is 0 Å². The molecule has 0 spiro atoms. The van der Waals surface area contributed by atoms with Crippen molar-refractivity contribution < 1.29 is 27.1 Å². The molecule has 190 valence electrons. The minimum absolute atomic E-state index is 0.0722. The number of hydrogen-bond acceptors (Lipinski definition) is 6. The maximum atomic E-state index is 13.7. The summed E-state index contributed by atoms with van der Waals surface area (Å²) in [7, 11) is -2.28. The topological polar surface area (TPSA) is 123 Å². The van der Waals surface area contributed by atoms with Gasteiger partial charge in [0.05, 0.1) is 25.0 Å². The maximum absolute atomic E-state index is 13.7. The number of hydrogen-bond donors (Lipinski definition) is 1. The van der Waals surface area contributed by atoms with Crippen molar-refractivity contribution >= 4 is 22.0 Å². The third kappa shape index (κ3) is 5.42. The summed E-state index contributed by atoms with van der Waals surface area (Å²) < 4.78 is 47.2. The Bertz CT molecular complexity index is 1120. The van der Waals surface area contributed by atoms with Crippen LogP contribution < -0.4 is 10.1 Å². The molecule has 3 fully saturated rings. The number of carbonyl (C=O) groups is 2. The lowest BCUT2D eigenvalue weighted by Gasteiger charge is -2.41. The van der Waals surface area contributed by atoms with Crippen LogP contribution in [0.2, 0.25) is 0 Å². The highest BCUT2D eigenvalue weighted by Gasteiger charge is 2.44. The molecule has 4 rings (SSSR count). The molecule has 1 aromatic rings. The summed E-state index contributed by atoms with van der Waals surface area (Å²) in [5, 5.41) is 11.7. The van der Waals surface area contributed by atoms with Gasteiger partial charge in [-0.3, -0.25) is 9.59 Å². The Labute approximate surface area is 204 Å². The number of nitrogens with one attached hydrogen (secondary N) is 1. The van der Waals surface area contributed by atoms with Crippen molar-refractivity contribution in [1.29, 1.82) is 5.26 Å². The second kappa shape index (κ2) is 10.5. The molecule has 1 N–H and O–H groups in total. The van der Waals surface area contributed by atoms with E-state index in [4.69, 9.17) is 10.00 Å². The maximum Gasteiger partial charge on any atom is 0.282 e. The van der Waals surface area contributed by atoms with E-state index in [9.17, 15) is 22.4 Å². The first-order valence-electron chi connectivity index (χ1n) is 11.8. The zero-order chi connectivity index (χ0) is 25.2. The number of rotatable bonds is 7. The lowest BCUT2D eigenvalue weighted by Crippen LogP contribution is -2.57. The molecule has 0 aliphatic carbocycles. The molecule has 10 nitrogen and oxygen atoms in total. The highest BCUT2D eigenvalue weighted by Crippen LogP contribution is 2.29. The van der Waals surface area contributed by atoms with Crippen LogP contribution in [0.3, 0.4) is 0 Å². The molecule has 0 aromatic heterocycles. The SMILES string of the molecule is COc1cc(F)cc(CNC(=O)[C@H]2CCCN2C(=O)[C@H]2CCCN(S(=O)(=O)N3CC(C#N)C3)C2)c1. The number of halogens is 1. The first-order valence-corrected chi connectivity index (χ1v) is 13.2. The molecule has 0 unspecified atom stereocenters. The molecule has 1 aromatic carbocycles. The van der Waals surface area contributed by atoms with E-state index in [2.05, 4.69) is 11.4 Å². The van der Waals surface area contributed by atoms with Crippen LogP contribution in [-0.2, 0) is 26.3 Å². The lowest BCUT2D eigenvalue weighted by atomic mass is 9.97. The average Bonchev–Trinajstić information content (AvgIpc) is 3.31. The molecule has 0 saturated carbocycles. The molecular formula is C23H30FN5O5S. The van der Waals surface area contributed by atoms with E-state index in [1.807, 2.05) is 0 Å². The fourth-order valence-corrected chi connectivity index (χ4v) is 6.70. The van der Waals surface area contributed by atoms with Crippen LogP contribution in [0, 0.1) is 29.0 Å². The third-order valence-corrected chi connectivity index (χ3v) is 8.82. The van der Waals surface area contributed by atoms with Crippen molar-refractivity contribution in [2.75, 3.05) is 39.8 Å². The van der Waals surface area contributed by atoms with E-state index in [1.54, 1.807) is 11.0 Å². The van der Waals surface area contributed by atoms with E-state index in [-0.39, 0.29) is 43.9 Å². The fraction of sp³-hybridized carbons (Fsp3) is 0.609. The van der Waals surface area contributed by atoms with Crippen molar-refractivity contribution in [1.82, 2.24) is 18.8 Å². The number of carbonyl (C=O) groups excluding carboxylic acids is 2. The van der Waals surface area contributed by atoms with Crippen LogP contribution in [-0.4, -0.2) is 79.6 Å². The summed E-state index contributed by atoms with van der Waals surface area (Å²) >= 11 is 0. The molecule has 3 heterocycles. The number of nitriles is 1. The third-order valence-electron chi connectivity index (χ3n) is 6.89. The molecule has 12 heteroatoms. The van der Waals surface area contributed by atoms with Crippen molar-refractivity contribution in [3.63, 3.8) is 0 Å². The predicted octanol–water partition coefficient (Wildman–Crippen LogP) is 0.854. The first-order chi connectivity index (χ1) is 16.7. The Morgan fingerprint density at radius 1 is 1.14 bits per heavy atom. The lowest BCUT2D eigenvalue weighted by molar-refractivity contribution is -0.142. The van der Waals surface area contributed by atoms with Gasteiger partial charge in [0, 0.05) is 45.3 Å². The van der Waals surface area contributed by atoms with E-state index in [0.717, 1.165) is 0 Å². The van der Waals surface area contributed by atoms with Gasteiger partial charge < -0.3 is 15.0 Å². The van der Waals surface area contributed by atoms with Gasteiger partial charge in [-0.15, -0.1) is 0 Å². The number of likely N-dealkylation sites (tertiary alicyclic amines) is 1. The Morgan fingerprint density at radius 3 is 2.60 bits per heavy atom. The Morgan fingerprint density at radius 2 is 1.89 bits per heavy atom. The molecular weight excluding hydrogens is 477 g/mol. The molecule has 35 heavy (non-hydrogen) atoms. The normalized spacial score (nSPS) is 24.0. The van der Waals surface area contributed by atoms with Gasteiger partial charge in [0.2, 0.25) is 11.8 Å². The highest BCUT2D eigenvalue weighted by atomic mass is 32.2. The first kappa shape index (κ1) is 25.3. The van der Waals surface area contributed by atoms with E-state index < -0.39 is 28.0 Å². The van der Waals surface area contributed by atoms with Crippen LogP contribution in [0.25, 0.3) is 0 Å². The van der Waals surface area contributed by atoms with Gasteiger partial charge in [-0.2, -0.15) is 22.3 Å². The number of piperidine rings is 1. The minimum Gasteiger partial charge on any atom is -0.497 e. The van der Waals surface area contributed by atoms with Gasteiger partial charge in [-0.25, -0.2) is 4.39 Å².